The van der Waals surface area contributed by atoms with Crippen LogP contribution in [-0.2, 0) is 67.4 Å². The summed E-state index contributed by atoms with van der Waals surface area (Å²) >= 11 is 0. The SMILES string of the molecule is CC(=NOC(=O)c1ccc(C)cc1)c1ccccc1.CC(=O)ON=C(C(C)=O)c1ccccc1.CC(=O)ON=C(C)c1ccccc1.CC(=O)ON=C(C1CCCCC1)C1CCCCC1.CCC(C)=NOC(=O)c1ccc(OC)cc1.CCN(CC)C(=O)ON=C1CCCCC1.COc1ccc(C(=O)COC(=O)N2CCCCC2)cc1.O=C(ON=C1CCCCC1)c1ccccc1.[C-]#[N+]C(=NOC(C)=O)c1ccccc1. The number of Topliss-reactive ketones (excluding diaryl/α,β-unsaturated/α-hetero) is 2. The van der Waals surface area contributed by atoms with Gasteiger partial charge in [-0.15, -0.1) is 0 Å². The predicted octanol–water partition coefficient (Wildman–Crippen LogP) is 24.1. The van der Waals surface area contributed by atoms with Gasteiger partial charge < -0.3 is 57.9 Å². The molecule has 33 heteroatoms. The van der Waals surface area contributed by atoms with Gasteiger partial charge in [-0.2, -0.15) is 0 Å². The number of amidine groups is 1. The normalized spacial score (nSPS) is 13.9. The smallest absolute Gasteiger partial charge is 0.435 e. The van der Waals surface area contributed by atoms with E-state index in [9.17, 15) is 52.7 Å². The van der Waals surface area contributed by atoms with E-state index >= 15 is 0 Å². The first-order valence-corrected chi connectivity index (χ1v) is 49.2. The first-order valence-electron chi connectivity index (χ1n) is 49.2. The molecule has 1 heterocycles. The van der Waals surface area contributed by atoms with Crippen LogP contribution < -0.4 is 9.47 Å². The number of hydrogen-bond donors (Lipinski definition) is 0. The van der Waals surface area contributed by atoms with Crippen molar-refractivity contribution < 1.29 is 106 Å². The maximum absolute atomic E-state index is 11.9. The van der Waals surface area contributed by atoms with Crippen LogP contribution in [0.5, 0.6) is 11.5 Å². The molecule has 0 bridgehead atoms. The van der Waals surface area contributed by atoms with E-state index in [0.29, 0.717) is 81.2 Å². The van der Waals surface area contributed by atoms with Gasteiger partial charge in [0.15, 0.2) is 23.9 Å². The molecule has 0 N–H and O–H groups in total. The Morgan fingerprint density at radius 1 is 0.363 bits per heavy atom. The van der Waals surface area contributed by atoms with E-state index in [4.69, 9.17) is 45.0 Å². The van der Waals surface area contributed by atoms with E-state index < -0.39 is 35.9 Å². The van der Waals surface area contributed by atoms with Crippen molar-refractivity contribution in [3.05, 3.63) is 286 Å². The molecule has 5 aliphatic rings. The number of methoxy groups -OCH3 is 2. The number of nitrogens with zero attached hydrogens (tertiary/aromatic N) is 11. The second kappa shape index (κ2) is 71.8. The van der Waals surface area contributed by atoms with Gasteiger partial charge in [0.1, 0.15) is 11.5 Å². The summed E-state index contributed by atoms with van der Waals surface area (Å²) in [5.41, 5.74) is 11.8. The molecular formula is C113H139N11O22. The highest BCUT2D eigenvalue weighted by Crippen LogP contribution is 2.34. The van der Waals surface area contributed by atoms with Crippen LogP contribution in [0.2, 0.25) is 0 Å². The lowest BCUT2D eigenvalue weighted by Crippen LogP contribution is -2.36. The number of benzene rings is 8. The average molecular weight is 2000 g/mol. The van der Waals surface area contributed by atoms with Crippen molar-refractivity contribution >= 4 is 111 Å². The molecule has 0 aromatic heterocycles. The summed E-state index contributed by atoms with van der Waals surface area (Å²) in [6, 6.07) is 66.3. The third-order valence-electron chi connectivity index (χ3n) is 22.5. The standard InChI is InChI=1S/C16H15NO2.C15H19NO4.C15H25NO2.C13H15NO2.C12H15NO3.C11H20N2O2.C11H11NO3.C10H8N2O2.C10H11NO2/c1-12-8-10-15(11-9-12)16(18)19-17-13(2)14-6-4-3-5-7-14;1-19-13-7-5-12(6-8-13)14(17)11-20-15(18)16-9-3-2-4-10-16;1-12(17)18-16-15(13-8-4-2-5-9-13)14-10-6-3-7-11-14;15-13(11-7-3-1-4-8-11)16-14-12-9-5-2-6-10-12;1-4-9(2)13-16-12(14)10-5-7-11(15-3)8-6-10;1-3-13(4-2)11(14)15-12-10-8-6-5-7-9-10;1-8(13)11(12-15-9(2)14)10-6-4-3-5-7-10;1-8(13)14-12-10(11-2)9-6-4-3-5-7-9;1-8(11-13-9(2)12)10-6-4-3-5-7-10/h3-11H,1-2H3;5-8H,2-4,9-11H2,1H3;13-14H,2-11H2,1H3;1,3-4,7-8H,2,5-6,9-10H2;5-8H,4H2,1-3H3;3-9H2,1-2H3;3-7H,1-2H3;3-7H,1H3;3-7H,1-2H3. The lowest BCUT2D eigenvalue weighted by atomic mass is 9.76. The molecule has 13 rings (SSSR count). The molecule has 146 heavy (non-hydrogen) atoms. The van der Waals surface area contributed by atoms with Gasteiger partial charge in [0, 0.05) is 89.3 Å². The van der Waals surface area contributed by atoms with Crippen LogP contribution in [0.1, 0.15) is 300 Å². The van der Waals surface area contributed by atoms with Crippen molar-refractivity contribution in [2.45, 2.75) is 237 Å². The number of carbonyl (C=O) groups is 11. The quantitative estimate of drug-likeness (QED) is 0.0121. The van der Waals surface area contributed by atoms with Gasteiger partial charge in [0.2, 0.25) is 0 Å². The number of rotatable bonds is 26. The van der Waals surface area contributed by atoms with Crippen LogP contribution in [-0.4, -0.2) is 168 Å². The van der Waals surface area contributed by atoms with Gasteiger partial charge in [0.05, 0.1) is 70.3 Å². The number of hydrogen-bond acceptors (Lipinski definition) is 30. The van der Waals surface area contributed by atoms with Crippen molar-refractivity contribution in [3.8, 4) is 11.5 Å². The van der Waals surface area contributed by atoms with E-state index in [-0.39, 0.29) is 47.8 Å². The molecule has 778 valence electrons. The number of amides is 2. The third-order valence-corrected chi connectivity index (χ3v) is 22.5. The van der Waals surface area contributed by atoms with Crippen LogP contribution in [0.25, 0.3) is 4.85 Å². The molecule has 8 aromatic rings. The van der Waals surface area contributed by atoms with Crippen molar-refractivity contribution in [2.24, 2.45) is 53.1 Å². The number of likely N-dealkylation sites (tertiary alicyclic amines) is 1. The van der Waals surface area contributed by atoms with E-state index in [1.165, 1.54) is 130 Å². The highest BCUT2D eigenvalue weighted by atomic mass is 16.7. The van der Waals surface area contributed by atoms with Crippen molar-refractivity contribution in [1.29, 1.82) is 0 Å². The maximum Gasteiger partial charge on any atom is 0.435 e. The van der Waals surface area contributed by atoms with Gasteiger partial charge in [-0.3, -0.25) is 14.4 Å². The molecule has 4 saturated carbocycles. The lowest BCUT2D eigenvalue weighted by molar-refractivity contribution is -0.142. The second-order valence-electron chi connectivity index (χ2n) is 33.9. The summed E-state index contributed by atoms with van der Waals surface area (Å²) in [5.74, 6) is -0.939. The van der Waals surface area contributed by atoms with Crippen LogP contribution in [0, 0.1) is 25.3 Å². The van der Waals surface area contributed by atoms with Crippen LogP contribution in [0.4, 0.5) is 9.59 Å². The minimum Gasteiger partial charge on any atom is -0.497 e. The van der Waals surface area contributed by atoms with Crippen LogP contribution in [0.3, 0.4) is 0 Å². The molecule has 0 unspecified atom stereocenters. The monoisotopic (exact) mass is 2000 g/mol. The van der Waals surface area contributed by atoms with E-state index in [1.807, 2.05) is 131 Å². The first kappa shape index (κ1) is 121. The number of aryl methyl sites for hydroxylation is 1. The van der Waals surface area contributed by atoms with Gasteiger partial charge in [-0.25, -0.2) is 48.0 Å². The summed E-state index contributed by atoms with van der Waals surface area (Å²) in [7, 11) is 3.14. The van der Waals surface area contributed by atoms with Crippen LogP contribution in [0.15, 0.2) is 266 Å². The summed E-state index contributed by atoms with van der Waals surface area (Å²) in [5, 5.41) is 30.2. The summed E-state index contributed by atoms with van der Waals surface area (Å²) in [6.45, 7) is 29.1. The Labute approximate surface area is 857 Å². The second-order valence-corrected chi connectivity index (χ2v) is 33.9. The molecule has 1 saturated heterocycles. The average Bonchev–Trinajstić information content (AvgIpc) is 0.849. The van der Waals surface area contributed by atoms with Gasteiger partial charge in [-0.1, -0.05) is 258 Å². The highest BCUT2D eigenvalue weighted by Gasteiger charge is 2.29. The van der Waals surface area contributed by atoms with Crippen molar-refractivity contribution in [2.75, 3.05) is 47.0 Å². The van der Waals surface area contributed by atoms with Gasteiger partial charge in [-0.05, 0) is 228 Å². The van der Waals surface area contributed by atoms with Gasteiger partial charge in [0.25, 0.3) is 0 Å². The molecule has 4 aliphatic carbocycles. The fraction of sp³-hybridized carbons (Fsp3) is 0.398. The predicted molar refractivity (Wildman–Crippen MR) is 563 cm³/mol. The Kier molecular flexibility index (Phi) is 59.4. The molecule has 0 radical (unpaired) electrons. The van der Waals surface area contributed by atoms with Crippen LogP contribution >= 0.6 is 0 Å². The fourth-order valence-corrected chi connectivity index (χ4v) is 14.3. The minimum atomic E-state index is -0.551. The topological polar surface area (TPSA) is 399 Å². The molecule has 8 aromatic carbocycles. The number of carbonyl (C=O) groups excluding carboxylic acids is 11. The number of ether oxygens (including phenoxy) is 3. The Balaban J connectivity index is 0.000000290. The Morgan fingerprint density at radius 3 is 1.12 bits per heavy atom. The zero-order chi connectivity index (χ0) is 106. The molecule has 2 amide bonds. The fourth-order valence-electron chi connectivity index (χ4n) is 14.3. The Morgan fingerprint density at radius 2 is 0.712 bits per heavy atom. The number of oxime groups is 8. The zero-order valence-corrected chi connectivity index (χ0v) is 86.4. The number of piperidine rings is 1. The Bertz CT molecular complexity index is 5600. The largest absolute Gasteiger partial charge is 0.497 e. The van der Waals surface area contributed by atoms with Gasteiger partial charge >= 0.3 is 59.8 Å². The molecule has 0 atom stereocenters. The summed E-state index contributed by atoms with van der Waals surface area (Å²) < 4.78 is 15.1. The highest BCUT2D eigenvalue weighted by molar-refractivity contribution is 6.45. The van der Waals surface area contributed by atoms with Crippen molar-refractivity contribution in [3.63, 3.8) is 0 Å². The summed E-state index contributed by atoms with van der Waals surface area (Å²) in [6.07, 6.45) is 27.1. The molecule has 0 spiro atoms. The molecule has 5 fully saturated rings. The van der Waals surface area contributed by atoms with E-state index in [0.717, 1.165) is 111 Å². The number of ketones is 2. The maximum atomic E-state index is 11.9. The van der Waals surface area contributed by atoms with E-state index in [2.05, 4.69) is 60.6 Å². The van der Waals surface area contributed by atoms with Crippen molar-refractivity contribution in [1.82, 2.24) is 9.80 Å². The minimum absolute atomic E-state index is 0.0702. The molecule has 33 nitrogen and oxygen atoms in total. The summed E-state index contributed by atoms with van der Waals surface area (Å²) in [4.78, 5) is 168. The lowest BCUT2D eigenvalue weighted by Gasteiger charge is -2.30. The molecule has 1 aliphatic heterocycles. The first-order chi connectivity index (χ1) is 70.5. The van der Waals surface area contributed by atoms with E-state index in [1.54, 1.807) is 166 Å². The Hall–Kier alpha value is -15.6. The molecular weight excluding hydrogens is 1860 g/mol. The zero-order valence-electron chi connectivity index (χ0n) is 86.4. The third kappa shape index (κ3) is 50.4.